The predicted molar refractivity (Wildman–Crippen MR) is 76.3 cm³/mol. The Morgan fingerprint density at radius 3 is 2.44 bits per heavy atom. The molecule has 0 fully saturated rings. The van der Waals surface area contributed by atoms with Crippen LogP contribution in [0.5, 0.6) is 5.75 Å². The van der Waals surface area contributed by atoms with Crippen molar-refractivity contribution in [2.45, 2.75) is 46.5 Å². The molecule has 0 unspecified atom stereocenters. The third-order valence-electron chi connectivity index (χ3n) is 3.43. The van der Waals surface area contributed by atoms with Gasteiger partial charge in [0.05, 0.1) is 7.11 Å². The summed E-state index contributed by atoms with van der Waals surface area (Å²) in [6.07, 6.45) is 1.74. The Kier molecular flexibility index (Phi) is 5.21. The van der Waals surface area contributed by atoms with Gasteiger partial charge in [-0.05, 0) is 41.4 Å². The normalized spacial score (nSPS) is 11.9. The first-order valence-electron chi connectivity index (χ1n) is 6.67. The summed E-state index contributed by atoms with van der Waals surface area (Å²) in [5.74, 6) is 1.47. The molecule has 0 bridgehead atoms. The highest BCUT2D eigenvalue weighted by Gasteiger charge is 2.20. The number of rotatable bonds is 6. The van der Waals surface area contributed by atoms with E-state index in [0.29, 0.717) is 5.92 Å². The van der Waals surface area contributed by atoms with Gasteiger partial charge in [-0.15, -0.1) is 0 Å². The number of hydrogen-bond donors (Lipinski definition) is 1. The largest absolute Gasteiger partial charge is 0.496 e. The van der Waals surface area contributed by atoms with E-state index in [1.165, 1.54) is 11.1 Å². The maximum absolute atomic E-state index is 9.12. The molecule has 0 amide bonds. The monoisotopic (exact) mass is 250 g/mol. The molecule has 2 heteroatoms. The minimum Gasteiger partial charge on any atom is -0.496 e. The van der Waals surface area contributed by atoms with E-state index in [4.69, 9.17) is 9.84 Å². The van der Waals surface area contributed by atoms with Crippen molar-refractivity contribution in [2.75, 3.05) is 13.7 Å². The Hall–Kier alpha value is -1.02. The Morgan fingerprint density at radius 1 is 1.28 bits per heavy atom. The number of ether oxygens (including phenoxy) is 1. The summed E-state index contributed by atoms with van der Waals surface area (Å²) in [6.45, 7) is 9.00. The van der Waals surface area contributed by atoms with Crippen molar-refractivity contribution >= 4 is 0 Å². The molecule has 0 saturated heterocycles. The summed E-state index contributed by atoms with van der Waals surface area (Å²) in [6, 6.07) is 6.42. The third kappa shape index (κ3) is 4.02. The summed E-state index contributed by atoms with van der Waals surface area (Å²) in [5.41, 5.74) is 2.67. The maximum atomic E-state index is 9.12. The van der Waals surface area contributed by atoms with Gasteiger partial charge in [-0.3, -0.25) is 0 Å². The molecule has 0 aromatic heterocycles. The van der Waals surface area contributed by atoms with Gasteiger partial charge < -0.3 is 9.84 Å². The lowest BCUT2D eigenvalue weighted by Gasteiger charge is -2.25. The first-order chi connectivity index (χ1) is 8.39. The van der Waals surface area contributed by atoms with Gasteiger partial charge in [0, 0.05) is 6.61 Å². The zero-order valence-corrected chi connectivity index (χ0v) is 12.3. The molecule has 0 aliphatic heterocycles. The van der Waals surface area contributed by atoms with Gasteiger partial charge in [0.15, 0.2) is 0 Å². The van der Waals surface area contributed by atoms with Crippen LogP contribution in [0.4, 0.5) is 0 Å². The van der Waals surface area contributed by atoms with E-state index in [1.807, 2.05) is 0 Å². The number of aliphatic hydroxyl groups is 1. The minimum absolute atomic E-state index is 0.0949. The molecule has 0 saturated carbocycles. The van der Waals surface area contributed by atoms with Crippen LogP contribution in [0.2, 0.25) is 0 Å². The van der Waals surface area contributed by atoms with E-state index >= 15 is 0 Å². The molecule has 0 radical (unpaired) electrons. The van der Waals surface area contributed by atoms with E-state index in [0.717, 1.165) is 18.6 Å². The molecule has 1 N–H and O–H groups in total. The molecule has 1 aromatic rings. The zero-order chi connectivity index (χ0) is 13.8. The van der Waals surface area contributed by atoms with Crippen molar-refractivity contribution < 1.29 is 9.84 Å². The quantitative estimate of drug-likeness (QED) is 0.832. The first-order valence-corrected chi connectivity index (χ1v) is 6.67. The first kappa shape index (κ1) is 15.0. The van der Waals surface area contributed by atoms with Crippen LogP contribution in [-0.2, 0) is 6.42 Å². The number of benzene rings is 1. The molecule has 102 valence electrons. The molecule has 0 spiro atoms. The molecular weight excluding hydrogens is 224 g/mol. The van der Waals surface area contributed by atoms with Crippen LogP contribution in [0.1, 0.15) is 51.2 Å². The highest BCUT2D eigenvalue weighted by atomic mass is 16.5. The highest BCUT2D eigenvalue weighted by molar-refractivity contribution is 5.39. The summed E-state index contributed by atoms with van der Waals surface area (Å²) in [5, 5.41) is 9.12. The molecule has 0 aliphatic rings. The molecule has 18 heavy (non-hydrogen) atoms. The van der Waals surface area contributed by atoms with Crippen LogP contribution in [-0.4, -0.2) is 18.8 Å². The van der Waals surface area contributed by atoms with Crippen LogP contribution >= 0.6 is 0 Å². The summed E-state index contributed by atoms with van der Waals surface area (Å²) in [4.78, 5) is 0. The fourth-order valence-electron chi connectivity index (χ4n) is 2.20. The maximum Gasteiger partial charge on any atom is 0.122 e. The number of hydrogen-bond acceptors (Lipinski definition) is 2. The molecule has 0 heterocycles. The summed E-state index contributed by atoms with van der Waals surface area (Å²) >= 11 is 0. The SMILES string of the molecule is COc1ccc(C(C)C)cc1CC(C)(C)CCO. The van der Waals surface area contributed by atoms with Crippen molar-refractivity contribution in [1.29, 1.82) is 0 Å². The molecule has 0 atom stereocenters. The van der Waals surface area contributed by atoms with Crippen molar-refractivity contribution in [1.82, 2.24) is 0 Å². The van der Waals surface area contributed by atoms with Gasteiger partial charge in [0.1, 0.15) is 5.75 Å². The van der Waals surface area contributed by atoms with E-state index in [2.05, 4.69) is 45.9 Å². The van der Waals surface area contributed by atoms with E-state index in [1.54, 1.807) is 7.11 Å². The van der Waals surface area contributed by atoms with Crippen molar-refractivity contribution in [3.8, 4) is 5.75 Å². The lowest BCUT2D eigenvalue weighted by atomic mass is 9.82. The lowest BCUT2D eigenvalue weighted by molar-refractivity contribution is 0.209. The topological polar surface area (TPSA) is 29.5 Å². The smallest absolute Gasteiger partial charge is 0.122 e. The van der Waals surface area contributed by atoms with Crippen LogP contribution in [0.3, 0.4) is 0 Å². The predicted octanol–water partition coefficient (Wildman–Crippen LogP) is 3.77. The second kappa shape index (κ2) is 6.24. The molecular formula is C16H26O2. The van der Waals surface area contributed by atoms with Crippen molar-refractivity contribution in [3.63, 3.8) is 0 Å². The number of aliphatic hydroxyl groups excluding tert-OH is 1. The Bertz CT molecular complexity index is 381. The van der Waals surface area contributed by atoms with E-state index in [9.17, 15) is 0 Å². The van der Waals surface area contributed by atoms with Crippen LogP contribution in [0, 0.1) is 5.41 Å². The van der Waals surface area contributed by atoms with Gasteiger partial charge in [-0.2, -0.15) is 0 Å². The highest BCUT2D eigenvalue weighted by Crippen LogP contribution is 2.32. The van der Waals surface area contributed by atoms with Gasteiger partial charge >= 0.3 is 0 Å². The van der Waals surface area contributed by atoms with E-state index in [-0.39, 0.29) is 12.0 Å². The fourth-order valence-corrected chi connectivity index (χ4v) is 2.20. The average molecular weight is 250 g/mol. The standard InChI is InChI=1S/C16H26O2/c1-12(2)13-6-7-15(18-5)14(10-13)11-16(3,4)8-9-17/h6-7,10,12,17H,8-9,11H2,1-5H3. The van der Waals surface area contributed by atoms with Gasteiger partial charge in [-0.1, -0.05) is 39.8 Å². The molecule has 1 aromatic carbocycles. The van der Waals surface area contributed by atoms with Crippen molar-refractivity contribution in [3.05, 3.63) is 29.3 Å². The van der Waals surface area contributed by atoms with Crippen LogP contribution < -0.4 is 4.74 Å². The summed E-state index contributed by atoms with van der Waals surface area (Å²) in [7, 11) is 1.72. The molecule has 0 aliphatic carbocycles. The average Bonchev–Trinajstić information content (AvgIpc) is 2.28. The van der Waals surface area contributed by atoms with Gasteiger partial charge in [-0.25, -0.2) is 0 Å². The Balaban J connectivity index is 3.01. The Labute approximate surface area is 111 Å². The summed E-state index contributed by atoms with van der Waals surface area (Å²) < 4.78 is 5.44. The second-order valence-corrected chi connectivity index (χ2v) is 6.04. The van der Waals surface area contributed by atoms with Crippen LogP contribution in [0.15, 0.2) is 18.2 Å². The second-order valence-electron chi connectivity index (χ2n) is 6.04. The van der Waals surface area contributed by atoms with Crippen LogP contribution in [0.25, 0.3) is 0 Å². The zero-order valence-electron chi connectivity index (χ0n) is 12.3. The number of methoxy groups -OCH3 is 1. The van der Waals surface area contributed by atoms with Gasteiger partial charge in [0.25, 0.3) is 0 Å². The third-order valence-corrected chi connectivity index (χ3v) is 3.43. The Morgan fingerprint density at radius 2 is 1.94 bits per heavy atom. The van der Waals surface area contributed by atoms with E-state index < -0.39 is 0 Å². The molecule has 1 rings (SSSR count). The van der Waals surface area contributed by atoms with Crippen molar-refractivity contribution in [2.24, 2.45) is 5.41 Å². The van der Waals surface area contributed by atoms with Gasteiger partial charge in [0.2, 0.25) is 0 Å². The molecule has 2 nitrogen and oxygen atoms in total. The minimum atomic E-state index is 0.0949. The fraction of sp³-hybridized carbons (Fsp3) is 0.625. The lowest BCUT2D eigenvalue weighted by Crippen LogP contribution is -2.17.